The second-order valence-corrected chi connectivity index (χ2v) is 4.30. The van der Waals surface area contributed by atoms with Gasteiger partial charge in [0.15, 0.2) is 0 Å². The molecule has 0 amide bonds. The maximum absolute atomic E-state index is 12.7. The van der Waals surface area contributed by atoms with Crippen molar-refractivity contribution in [2.75, 3.05) is 0 Å². The second-order valence-electron chi connectivity index (χ2n) is 4.30. The Morgan fingerprint density at radius 2 is 1.74 bits per heavy atom. The maximum atomic E-state index is 12.7. The highest BCUT2D eigenvalue weighted by Crippen LogP contribution is 2.12. The van der Waals surface area contributed by atoms with Crippen molar-refractivity contribution < 1.29 is 9.50 Å². The van der Waals surface area contributed by atoms with Crippen LogP contribution in [-0.2, 0) is 6.42 Å². The zero-order chi connectivity index (χ0) is 13.7. The molecule has 0 fully saturated rings. The number of nitrogens with zero attached hydrogens (tertiary/aromatic N) is 1. The van der Waals surface area contributed by atoms with Gasteiger partial charge in [0.25, 0.3) is 0 Å². The summed E-state index contributed by atoms with van der Waals surface area (Å²) in [5.74, 6) is -0.283. The lowest BCUT2D eigenvalue weighted by Crippen LogP contribution is -2.11. The van der Waals surface area contributed by atoms with Crippen LogP contribution in [0.15, 0.2) is 48.5 Å². The van der Waals surface area contributed by atoms with Gasteiger partial charge in [-0.25, -0.2) is 4.39 Å². The molecule has 2 nitrogen and oxygen atoms in total. The Morgan fingerprint density at radius 1 is 1.11 bits per heavy atom. The van der Waals surface area contributed by atoms with E-state index in [0.717, 1.165) is 11.1 Å². The van der Waals surface area contributed by atoms with E-state index in [1.807, 2.05) is 6.07 Å². The van der Waals surface area contributed by atoms with Gasteiger partial charge in [0.05, 0.1) is 17.7 Å². The normalized spacial score (nSPS) is 11.8. The van der Waals surface area contributed by atoms with E-state index in [-0.39, 0.29) is 5.82 Å². The first kappa shape index (κ1) is 13.3. The van der Waals surface area contributed by atoms with E-state index in [1.165, 1.54) is 12.1 Å². The molecule has 19 heavy (non-hydrogen) atoms. The molecule has 95 valence electrons. The summed E-state index contributed by atoms with van der Waals surface area (Å²) in [7, 11) is 0. The first-order valence-electron chi connectivity index (χ1n) is 5.95. The van der Waals surface area contributed by atoms with E-state index in [2.05, 4.69) is 0 Å². The third-order valence-corrected chi connectivity index (χ3v) is 2.78. The smallest absolute Gasteiger partial charge is 0.123 e. The van der Waals surface area contributed by atoms with Gasteiger partial charge in [-0.05, 0) is 41.8 Å². The van der Waals surface area contributed by atoms with E-state index < -0.39 is 6.10 Å². The van der Waals surface area contributed by atoms with Gasteiger partial charge in [-0.3, -0.25) is 0 Å². The third kappa shape index (κ3) is 3.90. The minimum Gasteiger partial charge on any atom is -0.392 e. The van der Waals surface area contributed by atoms with Crippen LogP contribution in [-0.4, -0.2) is 11.2 Å². The number of benzene rings is 2. The van der Waals surface area contributed by atoms with Crippen molar-refractivity contribution >= 4 is 0 Å². The summed E-state index contributed by atoms with van der Waals surface area (Å²) >= 11 is 0. The summed E-state index contributed by atoms with van der Waals surface area (Å²) in [5.41, 5.74) is 2.32. The lowest BCUT2D eigenvalue weighted by Gasteiger charge is -2.10. The molecule has 0 saturated heterocycles. The highest BCUT2D eigenvalue weighted by molar-refractivity contribution is 5.35. The highest BCUT2D eigenvalue weighted by atomic mass is 19.1. The van der Waals surface area contributed by atoms with Crippen LogP contribution in [0.25, 0.3) is 0 Å². The quantitative estimate of drug-likeness (QED) is 0.911. The van der Waals surface area contributed by atoms with Crippen molar-refractivity contribution in [3.8, 4) is 6.07 Å². The molecule has 0 aliphatic carbocycles. The Balaban J connectivity index is 1.95. The Morgan fingerprint density at radius 3 is 2.32 bits per heavy atom. The van der Waals surface area contributed by atoms with Gasteiger partial charge in [0, 0.05) is 6.42 Å². The summed E-state index contributed by atoms with van der Waals surface area (Å²) in [6.07, 6.45) is 1.50. The van der Waals surface area contributed by atoms with Gasteiger partial charge in [-0.1, -0.05) is 24.3 Å². The fourth-order valence-electron chi connectivity index (χ4n) is 1.81. The number of halogens is 1. The Kier molecular flexibility index (Phi) is 4.27. The van der Waals surface area contributed by atoms with Gasteiger partial charge >= 0.3 is 0 Å². The van der Waals surface area contributed by atoms with Crippen LogP contribution < -0.4 is 0 Å². The van der Waals surface area contributed by atoms with E-state index in [1.54, 1.807) is 42.8 Å². The summed E-state index contributed by atoms with van der Waals surface area (Å²) in [5, 5.41) is 18.6. The van der Waals surface area contributed by atoms with Crippen molar-refractivity contribution in [2.45, 2.75) is 12.5 Å². The number of hydrogen-bond acceptors (Lipinski definition) is 2. The van der Waals surface area contributed by atoms with Crippen molar-refractivity contribution in [3.05, 3.63) is 77.5 Å². The predicted octanol–water partition coefficient (Wildman–Crippen LogP) is 2.85. The van der Waals surface area contributed by atoms with Crippen LogP contribution in [0.4, 0.5) is 4.39 Å². The van der Waals surface area contributed by atoms with Crippen molar-refractivity contribution in [1.82, 2.24) is 0 Å². The summed E-state index contributed by atoms with van der Waals surface area (Å²) in [6, 6.07) is 15.1. The average molecular weight is 254 g/mol. The summed E-state index contributed by atoms with van der Waals surface area (Å²) < 4.78 is 12.7. The summed E-state index contributed by atoms with van der Waals surface area (Å²) in [4.78, 5) is 0. The average Bonchev–Trinajstić information content (AvgIpc) is 2.42. The molecule has 2 aromatic rings. The fraction of sp³-hybridized carbons (Fsp3) is 0.125. The number of aliphatic hydroxyl groups is 1. The molecule has 0 heterocycles. The van der Waals surface area contributed by atoms with Crippen molar-refractivity contribution in [1.29, 1.82) is 5.26 Å². The topological polar surface area (TPSA) is 44.0 Å². The number of aliphatic hydroxyl groups excluding tert-OH is 1. The highest BCUT2D eigenvalue weighted by Gasteiger charge is 2.07. The molecule has 2 rings (SSSR count). The number of nitriles is 1. The molecule has 0 bridgehead atoms. The van der Waals surface area contributed by atoms with Crippen LogP contribution in [0.2, 0.25) is 0 Å². The molecule has 0 aliphatic heterocycles. The molecule has 3 heteroatoms. The van der Waals surface area contributed by atoms with Crippen LogP contribution in [0.1, 0.15) is 16.7 Å². The Bertz CT molecular complexity index is 569. The SMILES string of the molecule is N#Cc1ccc([CH]C(O)Cc2ccc(F)cc2)cc1. The minimum atomic E-state index is -0.640. The molecule has 0 aromatic heterocycles. The van der Waals surface area contributed by atoms with Gasteiger partial charge in [0.1, 0.15) is 5.82 Å². The van der Waals surface area contributed by atoms with Crippen LogP contribution >= 0.6 is 0 Å². The largest absolute Gasteiger partial charge is 0.392 e. The minimum absolute atomic E-state index is 0.283. The molecule has 1 unspecified atom stereocenters. The maximum Gasteiger partial charge on any atom is 0.123 e. The van der Waals surface area contributed by atoms with Gasteiger partial charge in [-0.15, -0.1) is 0 Å². The van der Waals surface area contributed by atoms with Gasteiger partial charge in [0.2, 0.25) is 0 Å². The zero-order valence-electron chi connectivity index (χ0n) is 10.3. The Hall–Kier alpha value is -2.18. The molecule has 0 spiro atoms. The first-order chi connectivity index (χ1) is 9.17. The van der Waals surface area contributed by atoms with Crippen LogP contribution in [0, 0.1) is 23.6 Å². The van der Waals surface area contributed by atoms with Gasteiger partial charge < -0.3 is 5.11 Å². The van der Waals surface area contributed by atoms with E-state index in [0.29, 0.717) is 12.0 Å². The monoisotopic (exact) mass is 254 g/mol. The van der Waals surface area contributed by atoms with E-state index >= 15 is 0 Å². The Labute approximate surface area is 111 Å². The second kappa shape index (κ2) is 6.12. The molecular weight excluding hydrogens is 241 g/mol. The molecule has 1 radical (unpaired) electrons. The molecule has 2 aromatic carbocycles. The molecule has 1 atom stereocenters. The third-order valence-electron chi connectivity index (χ3n) is 2.78. The van der Waals surface area contributed by atoms with Crippen LogP contribution in [0.3, 0.4) is 0 Å². The van der Waals surface area contributed by atoms with Crippen molar-refractivity contribution in [3.63, 3.8) is 0 Å². The molecule has 0 aliphatic rings. The lowest BCUT2D eigenvalue weighted by atomic mass is 10.0. The van der Waals surface area contributed by atoms with Crippen LogP contribution in [0.5, 0.6) is 0 Å². The molecule has 0 saturated carbocycles. The standard InChI is InChI=1S/C16H13FNO/c17-15-7-5-13(6-8-15)10-16(19)9-12-1-3-14(11-18)4-2-12/h1-9,16,19H,10H2. The predicted molar refractivity (Wildman–Crippen MR) is 70.7 cm³/mol. The number of hydrogen-bond donors (Lipinski definition) is 1. The lowest BCUT2D eigenvalue weighted by molar-refractivity contribution is 0.211. The molecule has 1 N–H and O–H groups in total. The summed E-state index contributed by atoms with van der Waals surface area (Å²) in [6.45, 7) is 0. The first-order valence-corrected chi connectivity index (χ1v) is 5.95. The van der Waals surface area contributed by atoms with Gasteiger partial charge in [-0.2, -0.15) is 5.26 Å². The molecular formula is C16H13FNO. The van der Waals surface area contributed by atoms with E-state index in [4.69, 9.17) is 5.26 Å². The van der Waals surface area contributed by atoms with Crippen molar-refractivity contribution in [2.24, 2.45) is 0 Å². The number of rotatable bonds is 4. The van der Waals surface area contributed by atoms with E-state index in [9.17, 15) is 9.50 Å². The zero-order valence-corrected chi connectivity index (χ0v) is 10.3. The fourth-order valence-corrected chi connectivity index (χ4v) is 1.81.